The molecule has 0 saturated carbocycles. The fourth-order valence-corrected chi connectivity index (χ4v) is 3.43. The highest BCUT2D eigenvalue weighted by atomic mass is 79.9. The Morgan fingerprint density at radius 3 is 3.17 bits per heavy atom. The lowest BCUT2D eigenvalue weighted by atomic mass is 9.99. The van der Waals surface area contributed by atoms with Crippen molar-refractivity contribution in [2.75, 3.05) is 6.54 Å². The van der Waals surface area contributed by atoms with Crippen LogP contribution in [0.5, 0.6) is 0 Å². The number of rotatable bonds is 1. The van der Waals surface area contributed by atoms with Gasteiger partial charge in [-0.1, -0.05) is 0 Å². The van der Waals surface area contributed by atoms with Crippen molar-refractivity contribution in [3.8, 4) is 0 Å². The summed E-state index contributed by atoms with van der Waals surface area (Å²) in [5.41, 5.74) is 5.81. The first kappa shape index (κ1) is 8.69. The molecule has 0 amide bonds. The molecule has 1 aromatic rings. The maximum absolute atomic E-state index is 10.0. The number of fused-ring (bicyclic) bond motifs is 1. The second-order valence-electron chi connectivity index (χ2n) is 3.12. The molecule has 0 aromatic carbocycles. The van der Waals surface area contributed by atoms with Gasteiger partial charge in [0.25, 0.3) is 0 Å². The van der Waals surface area contributed by atoms with Crippen LogP contribution in [0, 0.1) is 0 Å². The van der Waals surface area contributed by atoms with E-state index < -0.39 is 5.60 Å². The van der Waals surface area contributed by atoms with E-state index in [9.17, 15) is 5.11 Å². The Bertz CT molecular complexity index is 312. The van der Waals surface area contributed by atoms with E-state index in [1.165, 1.54) is 4.88 Å². The molecule has 2 nitrogen and oxygen atoms in total. The van der Waals surface area contributed by atoms with Crippen LogP contribution in [0.4, 0.5) is 0 Å². The average Bonchev–Trinajstić information content (AvgIpc) is 2.53. The zero-order chi connectivity index (χ0) is 8.77. The molecule has 0 spiro atoms. The summed E-state index contributed by atoms with van der Waals surface area (Å²) in [6.45, 7) is 0.323. The van der Waals surface area contributed by atoms with E-state index >= 15 is 0 Å². The molecule has 4 heteroatoms. The van der Waals surface area contributed by atoms with E-state index in [2.05, 4.69) is 15.9 Å². The number of hydrogen-bond donors (Lipinski definition) is 2. The normalized spacial score (nSPS) is 27.6. The summed E-state index contributed by atoms with van der Waals surface area (Å²) in [5, 5.41) is 10.0. The lowest BCUT2D eigenvalue weighted by Crippen LogP contribution is -2.31. The lowest BCUT2D eigenvalue weighted by Gasteiger charge is -2.19. The number of aliphatic hydroxyl groups is 1. The summed E-state index contributed by atoms with van der Waals surface area (Å²) >= 11 is 5.10. The minimum Gasteiger partial charge on any atom is -0.384 e. The standard InChI is InChI=1S/C8H10BrNOS/c9-7-3-5-6(12-7)1-2-8(5,11)4-10/h3,11H,1-2,4,10H2. The van der Waals surface area contributed by atoms with Crippen LogP contribution in [-0.4, -0.2) is 11.7 Å². The predicted molar refractivity (Wildman–Crippen MR) is 53.3 cm³/mol. The third kappa shape index (κ3) is 1.14. The van der Waals surface area contributed by atoms with E-state index in [0.29, 0.717) is 6.54 Å². The molecule has 0 fully saturated rings. The topological polar surface area (TPSA) is 46.2 Å². The van der Waals surface area contributed by atoms with Crippen LogP contribution in [0.3, 0.4) is 0 Å². The van der Waals surface area contributed by atoms with Gasteiger partial charge in [-0.25, -0.2) is 0 Å². The SMILES string of the molecule is NCC1(O)CCc2sc(Br)cc21. The number of thiophene rings is 1. The molecular formula is C8H10BrNOS. The molecule has 0 radical (unpaired) electrons. The van der Waals surface area contributed by atoms with Crippen LogP contribution >= 0.6 is 27.3 Å². The van der Waals surface area contributed by atoms with Gasteiger partial charge in [0.2, 0.25) is 0 Å². The molecule has 1 unspecified atom stereocenters. The first-order chi connectivity index (χ1) is 5.65. The van der Waals surface area contributed by atoms with Crippen molar-refractivity contribution >= 4 is 27.3 Å². The summed E-state index contributed by atoms with van der Waals surface area (Å²) in [5.74, 6) is 0. The van der Waals surface area contributed by atoms with Crippen LogP contribution in [-0.2, 0) is 12.0 Å². The van der Waals surface area contributed by atoms with Gasteiger partial charge in [0.1, 0.15) is 5.60 Å². The van der Waals surface area contributed by atoms with E-state index in [-0.39, 0.29) is 0 Å². The Labute approximate surface area is 83.5 Å². The van der Waals surface area contributed by atoms with Gasteiger partial charge < -0.3 is 10.8 Å². The monoisotopic (exact) mass is 247 g/mol. The molecular weight excluding hydrogens is 238 g/mol. The highest BCUT2D eigenvalue weighted by Crippen LogP contribution is 2.42. The van der Waals surface area contributed by atoms with Gasteiger partial charge in [-0.15, -0.1) is 11.3 Å². The molecule has 0 bridgehead atoms. The number of aryl methyl sites for hydroxylation is 1. The zero-order valence-corrected chi connectivity index (χ0v) is 8.91. The van der Waals surface area contributed by atoms with E-state index in [1.54, 1.807) is 11.3 Å². The van der Waals surface area contributed by atoms with Crippen molar-refractivity contribution in [2.24, 2.45) is 5.73 Å². The molecule has 0 saturated heterocycles. The molecule has 66 valence electrons. The molecule has 2 rings (SSSR count). The van der Waals surface area contributed by atoms with E-state index in [0.717, 1.165) is 22.2 Å². The Morgan fingerprint density at radius 1 is 1.75 bits per heavy atom. The van der Waals surface area contributed by atoms with Crippen molar-refractivity contribution in [3.05, 3.63) is 20.3 Å². The second-order valence-corrected chi connectivity index (χ2v) is 5.64. The van der Waals surface area contributed by atoms with Crippen LogP contribution in [0.1, 0.15) is 16.9 Å². The quantitative estimate of drug-likeness (QED) is 0.793. The number of hydrogen-bond acceptors (Lipinski definition) is 3. The van der Waals surface area contributed by atoms with Crippen LogP contribution in [0.15, 0.2) is 9.85 Å². The molecule has 1 heterocycles. The van der Waals surface area contributed by atoms with Crippen LogP contribution in [0.2, 0.25) is 0 Å². The molecule has 1 atom stereocenters. The van der Waals surface area contributed by atoms with Crippen molar-refractivity contribution in [1.82, 2.24) is 0 Å². The van der Waals surface area contributed by atoms with Gasteiger partial charge in [0.05, 0.1) is 3.79 Å². The first-order valence-electron chi connectivity index (χ1n) is 3.87. The Kier molecular flexibility index (Phi) is 2.03. The highest BCUT2D eigenvalue weighted by Gasteiger charge is 2.36. The first-order valence-corrected chi connectivity index (χ1v) is 5.48. The third-order valence-electron chi connectivity index (χ3n) is 2.38. The molecule has 12 heavy (non-hydrogen) atoms. The number of halogens is 1. The van der Waals surface area contributed by atoms with E-state index in [4.69, 9.17) is 5.73 Å². The van der Waals surface area contributed by atoms with Crippen molar-refractivity contribution in [1.29, 1.82) is 0 Å². The number of nitrogens with two attached hydrogens (primary N) is 1. The zero-order valence-electron chi connectivity index (χ0n) is 6.51. The largest absolute Gasteiger partial charge is 0.384 e. The Balaban J connectivity index is 2.47. The lowest BCUT2D eigenvalue weighted by molar-refractivity contribution is 0.0481. The maximum Gasteiger partial charge on any atom is 0.103 e. The summed E-state index contributed by atoms with van der Waals surface area (Å²) in [6.07, 6.45) is 1.73. The Hall–Kier alpha value is 0.100. The summed E-state index contributed by atoms with van der Waals surface area (Å²) < 4.78 is 1.08. The molecule has 0 aliphatic heterocycles. The molecule has 1 aliphatic carbocycles. The van der Waals surface area contributed by atoms with Crippen molar-refractivity contribution in [2.45, 2.75) is 18.4 Å². The van der Waals surface area contributed by atoms with Gasteiger partial charge in [-0.05, 0) is 40.4 Å². The minimum absolute atomic E-state index is 0.323. The van der Waals surface area contributed by atoms with Crippen LogP contribution < -0.4 is 5.73 Å². The summed E-state index contributed by atoms with van der Waals surface area (Å²) in [7, 11) is 0. The van der Waals surface area contributed by atoms with Gasteiger partial charge >= 0.3 is 0 Å². The van der Waals surface area contributed by atoms with E-state index in [1.807, 2.05) is 6.07 Å². The third-order valence-corrected chi connectivity index (χ3v) is 4.08. The smallest absolute Gasteiger partial charge is 0.103 e. The van der Waals surface area contributed by atoms with Gasteiger partial charge in [-0.3, -0.25) is 0 Å². The second kappa shape index (κ2) is 2.80. The van der Waals surface area contributed by atoms with Gasteiger partial charge in [0.15, 0.2) is 0 Å². The minimum atomic E-state index is -0.752. The van der Waals surface area contributed by atoms with Gasteiger partial charge in [-0.2, -0.15) is 0 Å². The summed E-state index contributed by atoms with van der Waals surface area (Å²) in [4.78, 5) is 1.27. The maximum atomic E-state index is 10.0. The molecule has 1 aromatic heterocycles. The molecule has 1 aliphatic rings. The highest BCUT2D eigenvalue weighted by molar-refractivity contribution is 9.11. The van der Waals surface area contributed by atoms with Crippen molar-refractivity contribution in [3.63, 3.8) is 0 Å². The van der Waals surface area contributed by atoms with Crippen molar-refractivity contribution < 1.29 is 5.11 Å². The van der Waals surface area contributed by atoms with Crippen LogP contribution in [0.25, 0.3) is 0 Å². The Morgan fingerprint density at radius 2 is 2.50 bits per heavy atom. The average molecular weight is 248 g/mol. The van der Waals surface area contributed by atoms with Gasteiger partial charge in [0, 0.05) is 11.4 Å². The fraction of sp³-hybridized carbons (Fsp3) is 0.500. The molecule has 3 N–H and O–H groups in total. The predicted octanol–water partition coefficient (Wildman–Crippen LogP) is 1.60. The fourth-order valence-electron chi connectivity index (χ4n) is 1.64. The summed E-state index contributed by atoms with van der Waals surface area (Å²) in [6, 6.07) is 1.99.